The molecule has 3 aliphatic rings. The Labute approximate surface area is 252 Å². The number of amides is 3. The van der Waals surface area contributed by atoms with Gasteiger partial charge in [0.25, 0.3) is 5.91 Å². The van der Waals surface area contributed by atoms with Gasteiger partial charge in [0.2, 0.25) is 0 Å². The maximum atomic E-state index is 14.2. The van der Waals surface area contributed by atoms with Crippen molar-refractivity contribution >= 4 is 34.2 Å². The van der Waals surface area contributed by atoms with Gasteiger partial charge in [0, 0.05) is 56.3 Å². The van der Waals surface area contributed by atoms with Crippen LogP contribution in [0.1, 0.15) is 67.8 Å². The van der Waals surface area contributed by atoms with Gasteiger partial charge in [-0.05, 0) is 56.0 Å². The number of benzene rings is 1. The number of hydrogen-bond acceptors (Lipinski definition) is 6. The molecule has 3 fully saturated rings. The lowest BCUT2D eigenvalue weighted by Gasteiger charge is -2.38. The van der Waals surface area contributed by atoms with Crippen molar-refractivity contribution in [2.45, 2.75) is 70.5 Å². The Hall–Kier alpha value is -3.01. The molecule has 0 radical (unpaired) electrons. The standard InChI is InChI=1S/C33H43N5O3S/c1-23(24-9-3-2-4-10-24)34-32(40)30-26-12-5-6-13-28(26)35-31(29-14-8-20-42-29)27(30)21-36-16-18-37(19-17-36)33(41)38-15-7-11-25(38)22-39/h5-6,8,12-14,20,23-25,39H,2-4,7,9-11,15-19,21-22H2,1H3,(H,34,40)/t23-,25+/m0/s1. The molecule has 2 aliphatic heterocycles. The van der Waals surface area contributed by atoms with E-state index in [0.717, 1.165) is 65.1 Å². The Bertz CT molecular complexity index is 1380. The van der Waals surface area contributed by atoms with Gasteiger partial charge >= 0.3 is 6.03 Å². The third-order valence-electron chi connectivity index (χ3n) is 9.55. The van der Waals surface area contributed by atoms with E-state index >= 15 is 0 Å². The Morgan fingerprint density at radius 1 is 1.00 bits per heavy atom. The molecule has 1 aromatic carbocycles. The first kappa shape index (κ1) is 29.1. The highest BCUT2D eigenvalue weighted by molar-refractivity contribution is 7.13. The monoisotopic (exact) mass is 589 g/mol. The normalized spacial score (nSPS) is 21.1. The largest absolute Gasteiger partial charge is 0.394 e. The van der Waals surface area contributed by atoms with Gasteiger partial charge in [0.1, 0.15) is 0 Å². The second kappa shape index (κ2) is 13.1. The quantitative estimate of drug-likeness (QED) is 0.388. The summed E-state index contributed by atoms with van der Waals surface area (Å²) in [7, 11) is 0. The molecule has 2 N–H and O–H groups in total. The van der Waals surface area contributed by atoms with Crippen LogP contribution in [-0.2, 0) is 6.54 Å². The van der Waals surface area contributed by atoms with Crippen molar-refractivity contribution in [3.8, 4) is 10.6 Å². The fourth-order valence-electron chi connectivity index (χ4n) is 7.09. The van der Waals surface area contributed by atoms with E-state index in [4.69, 9.17) is 4.98 Å². The maximum absolute atomic E-state index is 14.2. The van der Waals surface area contributed by atoms with Crippen LogP contribution >= 0.6 is 11.3 Å². The number of pyridine rings is 1. The summed E-state index contributed by atoms with van der Waals surface area (Å²) >= 11 is 1.65. The molecule has 0 unspecified atom stereocenters. The van der Waals surface area contributed by atoms with E-state index in [-0.39, 0.29) is 30.6 Å². The Morgan fingerprint density at radius 3 is 2.52 bits per heavy atom. The number of carbonyl (C=O) groups is 2. The molecule has 9 heteroatoms. The number of carbonyl (C=O) groups excluding carboxylic acids is 2. The van der Waals surface area contributed by atoms with Crippen molar-refractivity contribution in [1.29, 1.82) is 0 Å². The predicted molar refractivity (Wildman–Crippen MR) is 168 cm³/mol. The third-order valence-corrected chi connectivity index (χ3v) is 10.4. The van der Waals surface area contributed by atoms with E-state index in [9.17, 15) is 14.7 Å². The number of piperazine rings is 1. The lowest BCUT2D eigenvalue weighted by molar-refractivity contribution is 0.0912. The highest BCUT2D eigenvalue weighted by Crippen LogP contribution is 2.35. The predicted octanol–water partition coefficient (Wildman–Crippen LogP) is 5.36. The zero-order valence-corrected chi connectivity index (χ0v) is 25.5. The molecule has 1 saturated carbocycles. The Morgan fingerprint density at radius 2 is 1.79 bits per heavy atom. The number of aliphatic hydroxyl groups excluding tert-OH is 1. The number of thiophene rings is 1. The number of likely N-dealkylation sites (tertiary alicyclic amines) is 1. The van der Waals surface area contributed by atoms with Gasteiger partial charge in [0.05, 0.1) is 34.3 Å². The summed E-state index contributed by atoms with van der Waals surface area (Å²) in [6, 6.07) is 12.2. The molecule has 42 heavy (non-hydrogen) atoms. The van der Waals surface area contributed by atoms with Gasteiger partial charge in [0.15, 0.2) is 0 Å². The molecule has 3 amide bonds. The fourth-order valence-corrected chi connectivity index (χ4v) is 7.83. The van der Waals surface area contributed by atoms with E-state index in [0.29, 0.717) is 25.6 Å². The summed E-state index contributed by atoms with van der Waals surface area (Å²) in [4.78, 5) is 39.7. The zero-order valence-electron chi connectivity index (χ0n) is 24.6. The number of urea groups is 1. The number of hydrogen-bond donors (Lipinski definition) is 2. The van der Waals surface area contributed by atoms with Crippen LogP contribution in [-0.4, -0.2) is 88.1 Å². The number of aliphatic hydroxyl groups is 1. The smallest absolute Gasteiger partial charge is 0.320 e. The number of rotatable bonds is 7. The van der Waals surface area contributed by atoms with Crippen molar-refractivity contribution in [2.24, 2.45) is 5.92 Å². The third kappa shape index (κ3) is 6.05. The maximum Gasteiger partial charge on any atom is 0.320 e. The van der Waals surface area contributed by atoms with Gasteiger partial charge in [-0.2, -0.15) is 0 Å². The molecular formula is C33H43N5O3S. The lowest BCUT2D eigenvalue weighted by Crippen LogP contribution is -2.54. The highest BCUT2D eigenvalue weighted by atomic mass is 32.1. The Balaban J connectivity index is 1.28. The minimum atomic E-state index is -0.0652. The molecular weight excluding hydrogens is 546 g/mol. The van der Waals surface area contributed by atoms with E-state index in [1.165, 1.54) is 32.1 Å². The van der Waals surface area contributed by atoms with Gasteiger partial charge in [-0.1, -0.05) is 43.5 Å². The van der Waals surface area contributed by atoms with Crippen LogP contribution in [0, 0.1) is 5.92 Å². The highest BCUT2D eigenvalue weighted by Gasteiger charge is 2.33. The van der Waals surface area contributed by atoms with Crippen LogP contribution in [0.15, 0.2) is 41.8 Å². The fraction of sp³-hybridized carbons (Fsp3) is 0.545. The van der Waals surface area contributed by atoms with Gasteiger partial charge in [-0.15, -0.1) is 11.3 Å². The molecule has 8 nitrogen and oxygen atoms in total. The molecule has 0 bridgehead atoms. The molecule has 2 aromatic heterocycles. The number of fused-ring (bicyclic) bond motifs is 1. The van der Waals surface area contributed by atoms with E-state index in [1.54, 1.807) is 11.3 Å². The summed E-state index contributed by atoms with van der Waals surface area (Å²) in [5, 5.41) is 16.1. The molecule has 6 rings (SSSR count). The summed E-state index contributed by atoms with van der Waals surface area (Å²) in [6.07, 6.45) is 7.93. The number of nitrogens with zero attached hydrogens (tertiary/aromatic N) is 4. The number of aromatic nitrogens is 1. The minimum absolute atomic E-state index is 0.0163. The number of nitrogens with one attached hydrogen (secondary N) is 1. The first-order chi connectivity index (χ1) is 20.5. The summed E-state index contributed by atoms with van der Waals surface area (Å²) in [6.45, 7) is 6.20. The van der Waals surface area contributed by atoms with Gasteiger partial charge in [-0.3, -0.25) is 9.69 Å². The van der Waals surface area contributed by atoms with Gasteiger partial charge in [-0.25, -0.2) is 9.78 Å². The van der Waals surface area contributed by atoms with Crippen LogP contribution in [0.4, 0.5) is 4.79 Å². The van der Waals surface area contributed by atoms with Crippen LogP contribution in [0.3, 0.4) is 0 Å². The summed E-state index contributed by atoms with van der Waals surface area (Å²) < 4.78 is 0. The first-order valence-electron chi connectivity index (χ1n) is 15.7. The number of para-hydroxylation sites is 1. The van der Waals surface area contributed by atoms with Crippen LogP contribution < -0.4 is 5.32 Å². The van der Waals surface area contributed by atoms with Crippen LogP contribution in [0.2, 0.25) is 0 Å². The summed E-state index contributed by atoms with van der Waals surface area (Å²) in [5.41, 5.74) is 3.40. The second-order valence-corrected chi connectivity index (χ2v) is 13.1. The van der Waals surface area contributed by atoms with Crippen molar-refractivity contribution in [2.75, 3.05) is 39.3 Å². The lowest BCUT2D eigenvalue weighted by atomic mass is 9.84. The SMILES string of the molecule is C[C@H](NC(=O)c1c(CN2CCN(C(=O)N3CCC[C@@H]3CO)CC2)c(-c2cccs2)nc2ccccc12)C1CCCCC1. The van der Waals surface area contributed by atoms with Crippen molar-refractivity contribution in [3.63, 3.8) is 0 Å². The molecule has 0 spiro atoms. The average Bonchev–Trinajstić information content (AvgIpc) is 3.74. The van der Waals surface area contributed by atoms with Crippen molar-refractivity contribution in [3.05, 3.63) is 52.9 Å². The topological polar surface area (TPSA) is 89.0 Å². The molecule has 3 aromatic rings. The van der Waals surface area contributed by atoms with Crippen LogP contribution in [0.5, 0.6) is 0 Å². The van der Waals surface area contributed by atoms with E-state index in [1.807, 2.05) is 40.1 Å². The van der Waals surface area contributed by atoms with Crippen LogP contribution in [0.25, 0.3) is 21.5 Å². The minimum Gasteiger partial charge on any atom is -0.394 e. The van der Waals surface area contributed by atoms with Crippen molar-refractivity contribution < 1.29 is 14.7 Å². The van der Waals surface area contributed by atoms with Gasteiger partial charge < -0.3 is 20.2 Å². The second-order valence-electron chi connectivity index (χ2n) is 12.2. The molecule has 4 heterocycles. The molecule has 2 atom stereocenters. The average molecular weight is 590 g/mol. The van der Waals surface area contributed by atoms with E-state index in [2.05, 4.69) is 28.6 Å². The summed E-state index contributed by atoms with van der Waals surface area (Å²) in [5.74, 6) is 0.500. The first-order valence-corrected chi connectivity index (χ1v) is 16.6. The Kier molecular flexibility index (Phi) is 9.07. The molecule has 224 valence electrons. The van der Waals surface area contributed by atoms with Crippen molar-refractivity contribution in [1.82, 2.24) is 25.0 Å². The molecule has 1 aliphatic carbocycles. The zero-order chi connectivity index (χ0) is 29.1. The van der Waals surface area contributed by atoms with E-state index < -0.39 is 0 Å². The molecule has 2 saturated heterocycles.